The summed E-state index contributed by atoms with van der Waals surface area (Å²) in [5, 5.41) is 12.6. The molecule has 0 spiro atoms. The van der Waals surface area contributed by atoms with Gasteiger partial charge in [-0.2, -0.15) is 18.4 Å². The van der Waals surface area contributed by atoms with Gasteiger partial charge in [0.1, 0.15) is 0 Å². The van der Waals surface area contributed by atoms with Gasteiger partial charge in [0.25, 0.3) is 5.91 Å². The molecule has 1 N–H and O–H groups in total. The number of nitrogens with one attached hydrogen (secondary N) is 1. The molecule has 0 aliphatic heterocycles. The van der Waals surface area contributed by atoms with Gasteiger partial charge in [0.05, 0.1) is 16.6 Å². The van der Waals surface area contributed by atoms with Crippen LogP contribution < -0.4 is 5.32 Å². The molecule has 0 atom stereocenters. The van der Waals surface area contributed by atoms with Crippen LogP contribution in [0.1, 0.15) is 26.6 Å². The molecule has 0 saturated heterocycles. The summed E-state index contributed by atoms with van der Waals surface area (Å²) < 4.78 is 37.2. The van der Waals surface area contributed by atoms with Crippen LogP contribution in [0.3, 0.4) is 0 Å². The smallest absolute Gasteiger partial charge is 0.352 e. The number of nitriles is 1. The van der Waals surface area contributed by atoms with Crippen LogP contribution >= 0.6 is 11.3 Å². The number of carbonyl (C=O) groups is 1. The summed E-state index contributed by atoms with van der Waals surface area (Å²) in [6, 6.07) is 8.09. The summed E-state index contributed by atoms with van der Waals surface area (Å²) in [5.41, 5.74) is -0.225. The van der Waals surface area contributed by atoms with E-state index in [2.05, 4.69) is 10.3 Å². The van der Waals surface area contributed by atoms with Crippen LogP contribution in [0.4, 0.5) is 13.2 Å². The molecule has 2 rings (SSSR count). The van der Waals surface area contributed by atoms with Crippen molar-refractivity contribution in [1.29, 1.82) is 5.26 Å². The van der Waals surface area contributed by atoms with Gasteiger partial charge in [-0.25, -0.2) is 4.98 Å². The van der Waals surface area contributed by atoms with Crippen LogP contribution in [0.15, 0.2) is 29.6 Å². The lowest BCUT2D eigenvalue weighted by Gasteiger charge is -2.04. The Morgan fingerprint density at radius 2 is 2.18 bits per heavy atom. The first-order valence-corrected chi connectivity index (χ1v) is 7.08. The first-order valence-electron chi connectivity index (χ1n) is 6.20. The number of amides is 1. The number of thiazole rings is 1. The topological polar surface area (TPSA) is 65.8 Å². The van der Waals surface area contributed by atoms with E-state index in [9.17, 15) is 18.0 Å². The van der Waals surface area contributed by atoms with Gasteiger partial charge in [0.2, 0.25) is 0 Å². The minimum Gasteiger partial charge on any atom is -0.352 e. The number of benzene rings is 1. The predicted octanol–water partition coefficient (Wildman–Crippen LogP) is 3.01. The second-order valence-electron chi connectivity index (χ2n) is 4.32. The second-order valence-corrected chi connectivity index (χ2v) is 5.27. The molecule has 0 fully saturated rings. The van der Waals surface area contributed by atoms with Gasteiger partial charge < -0.3 is 5.32 Å². The Morgan fingerprint density at radius 1 is 1.41 bits per heavy atom. The van der Waals surface area contributed by atoms with Crippen molar-refractivity contribution in [3.8, 4) is 6.07 Å². The van der Waals surface area contributed by atoms with Crippen LogP contribution in [0.2, 0.25) is 0 Å². The molecule has 2 aromatic rings. The molecule has 0 aliphatic carbocycles. The van der Waals surface area contributed by atoms with Gasteiger partial charge >= 0.3 is 6.18 Å². The predicted molar refractivity (Wildman–Crippen MR) is 74.3 cm³/mol. The Balaban J connectivity index is 1.89. The fraction of sp³-hybridized carbons (Fsp3) is 0.214. The van der Waals surface area contributed by atoms with Crippen molar-refractivity contribution in [2.24, 2.45) is 0 Å². The fourth-order valence-electron chi connectivity index (χ4n) is 1.67. The number of hydrogen-bond donors (Lipinski definition) is 1. The molecular weight excluding hydrogens is 315 g/mol. The maximum absolute atomic E-state index is 12.4. The average molecular weight is 325 g/mol. The number of rotatable bonds is 4. The monoisotopic (exact) mass is 325 g/mol. The van der Waals surface area contributed by atoms with Crippen molar-refractivity contribution < 1.29 is 18.0 Å². The molecule has 1 aromatic carbocycles. The summed E-state index contributed by atoms with van der Waals surface area (Å²) >= 11 is 0.904. The highest BCUT2D eigenvalue weighted by Gasteiger charge is 2.33. The van der Waals surface area contributed by atoms with E-state index in [-0.39, 0.29) is 18.9 Å². The summed E-state index contributed by atoms with van der Waals surface area (Å²) in [5.74, 6) is -0.385. The number of halogens is 3. The van der Waals surface area contributed by atoms with E-state index in [1.165, 1.54) is 6.07 Å². The summed E-state index contributed by atoms with van der Waals surface area (Å²) in [6.07, 6.45) is -4.24. The summed E-state index contributed by atoms with van der Waals surface area (Å²) in [6.45, 7) is 0.167. The Bertz CT molecular complexity index is 719. The largest absolute Gasteiger partial charge is 0.434 e. The van der Waals surface area contributed by atoms with E-state index in [1.807, 2.05) is 6.07 Å². The first kappa shape index (κ1) is 16.0. The molecule has 0 unspecified atom stereocenters. The van der Waals surface area contributed by atoms with Crippen LogP contribution in [-0.2, 0) is 12.6 Å². The molecule has 8 heteroatoms. The van der Waals surface area contributed by atoms with E-state index in [1.54, 1.807) is 18.2 Å². The highest BCUT2D eigenvalue weighted by molar-refractivity contribution is 7.09. The molecule has 0 bridgehead atoms. The number of hydrogen-bond acceptors (Lipinski definition) is 4. The molecule has 1 aromatic heterocycles. The van der Waals surface area contributed by atoms with Crippen LogP contribution in [0, 0.1) is 11.3 Å². The van der Waals surface area contributed by atoms with E-state index in [0.29, 0.717) is 16.1 Å². The highest BCUT2D eigenvalue weighted by Crippen LogP contribution is 2.29. The normalized spacial score (nSPS) is 11.0. The van der Waals surface area contributed by atoms with Crippen LogP contribution in [-0.4, -0.2) is 17.4 Å². The molecule has 0 aliphatic rings. The molecule has 22 heavy (non-hydrogen) atoms. The third-order valence-electron chi connectivity index (χ3n) is 2.72. The van der Waals surface area contributed by atoms with Crippen molar-refractivity contribution >= 4 is 17.2 Å². The lowest BCUT2D eigenvalue weighted by atomic mass is 10.1. The standard InChI is InChI=1S/C14H10F3N3OS/c15-14(16,17)11-8-22-12(20-11)4-5-19-13(21)10-3-1-2-9(6-10)7-18/h1-3,6,8H,4-5H2,(H,19,21). The zero-order valence-corrected chi connectivity index (χ0v) is 12.0. The van der Waals surface area contributed by atoms with Crippen molar-refractivity contribution in [1.82, 2.24) is 10.3 Å². The number of nitrogens with zero attached hydrogens (tertiary/aromatic N) is 2. The van der Waals surface area contributed by atoms with Gasteiger partial charge in [0, 0.05) is 23.9 Å². The number of alkyl halides is 3. The quantitative estimate of drug-likeness (QED) is 0.940. The summed E-state index contributed by atoms with van der Waals surface area (Å²) in [7, 11) is 0. The third-order valence-corrected chi connectivity index (χ3v) is 3.63. The highest BCUT2D eigenvalue weighted by atomic mass is 32.1. The minimum absolute atomic E-state index is 0.167. The van der Waals surface area contributed by atoms with Crippen LogP contribution in [0.5, 0.6) is 0 Å². The average Bonchev–Trinajstić information content (AvgIpc) is 2.96. The van der Waals surface area contributed by atoms with Gasteiger partial charge in [-0.15, -0.1) is 11.3 Å². The molecule has 0 radical (unpaired) electrons. The minimum atomic E-state index is -4.45. The van der Waals surface area contributed by atoms with E-state index >= 15 is 0 Å². The molecule has 1 heterocycles. The number of aromatic nitrogens is 1. The second kappa shape index (κ2) is 6.58. The Labute approximate surface area is 128 Å². The molecule has 0 saturated carbocycles. The Kier molecular flexibility index (Phi) is 4.78. The maximum Gasteiger partial charge on any atom is 0.434 e. The van der Waals surface area contributed by atoms with E-state index < -0.39 is 11.9 Å². The fourth-order valence-corrected chi connectivity index (χ4v) is 2.48. The zero-order chi connectivity index (χ0) is 16.2. The molecule has 114 valence electrons. The lowest BCUT2D eigenvalue weighted by molar-refractivity contribution is -0.140. The lowest BCUT2D eigenvalue weighted by Crippen LogP contribution is -2.25. The van der Waals surface area contributed by atoms with E-state index in [0.717, 1.165) is 16.7 Å². The third kappa shape index (κ3) is 4.05. The van der Waals surface area contributed by atoms with Crippen LogP contribution in [0.25, 0.3) is 0 Å². The Hall–Kier alpha value is -2.40. The van der Waals surface area contributed by atoms with Gasteiger partial charge in [0.15, 0.2) is 5.69 Å². The van der Waals surface area contributed by atoms with Gasteiger partial charge in [-0.1, -0.05) is 6.07 Å². The molecular formula is C14H10F3N3OS. The van der Waals surface area contributed by atoms with Gasteiger partial charge in [-0.05, 0) is 18.2 Å². The molecule has 1 amide bonds. The zero-order valence-electron chi connectivity index (χ0n) is 11.1. The van der Waals surface area contributed by atoms with Crippen molar-refractivity contribution in [3.05, 3.63) is 51.5 Å². The molecule has 4 nitrogen and oxygen atoms in total. The van der Waals surface area contributed by atoms with Crippen molar-refractivity contribution in [2.75, 3.05) is 6.54 Å². The van der Waals surface area contributed by atoms with Crippen molar-refractivity contribution in [2.45, 2.75) is 12.6 Å². The van der Waals surface area contributed by atoms with Crippen molar-refractivity contribution in [3.63, 3.8) is 0 Å². The first-order chi connectivity index (χ1) is 10.4. The van der Waals surface area contributed by atoms with Gasteiger partial charge in [-0.3, -0.25) is 4.79 Å². The maximum atomic E-state index is 12.4. The van der Waals surface area contributed by atoms with E-state index in [4.69, 9.17) is 5.26 Å². The SMILES string of the molecule is N#Cc1cccc(C(=O)NCCc2nc(C(F)(F)F)cs2)c1. The number of carbonyl (C=O) groups excluding carboxylic acids is 1. The Morgan fingerprint density at radius 3 is 2.82 bits per heavy atom. The summed E-state index contributed by atoms with van der Waals surface area (Å²) in [4.78, 5) is 15.3.